The minimum atomic E-state index is -0.786. The van der Waals surface area contributed by atoms with Crippen molar-refractivity contribution in [3.8, 4) is 0 Å². The van der Waals surface area contributed by atoms with Crippen LogP contribution in [0.3, 0.4) is 0 Å². The molecular formula is C58H113NO5. The monoisotopic (exact) mass is 904 g/mol. The van der Waals surface area contributed by atoms with Crippen LogP contribution in [-0.2, 0) is 14.3 Å². The predicted molar refractivity (Wildman–Crippen MR) is 278 cm³/mol. The van der Waals surface area contributed by atoms with E-state index in [0.717, 1.165) is 57.8 Å². The van der Waals surface area contributed by atoms with Gasteiger partial charge in [0, 0.05) is 6.42 Å². The van der Waals surface area contributed by atoms with Crippen LogP contribution in [0, 0.1) is 0 Å². The van der Waals surface area contributed by atoms with Crippen LogP contribution in [0.1, 0.15) is 323 Å². The van der Waals surface area contributed by atoms with Gasteiger partial charge in [0.2, 0.25) is 5.91 Å². The Hall–Kier alpha value is -1.40. The molecule has 1 amide bonds. The maximum Gasteiger partial charge on any atom is 0.306 e. The lowest BCUT2D eigenvalue weighted by Crippen LogP contribution is -2.46. The molecule has 0 aromatic heterocycles. The molecule has 0 bridgehead atoms. The van der Waals surface area contributed by atoms with Crippen molar-refractivity contribution >= 4 is 11.9 Å². The number of hydrogen-bond donors (Lipinski definition) is 3. The molecule has 0 fully saturated rings. The Morgan fingerprint density at radius 1 is 0.438 bits per heavy atom. The van der Waals surface area contributed by atoms with Gasteiger partial charge in [-0.3, -0.25) is 9.59 Å². The van der Waals surface area contributed by atoms with Crippen molar-refractivity contribution in [1.29, 1.82) is 0 Å². The number of allylic oxidation sites excluding steroid dienone is 2. The van der Waals surface area contributed by atoms with Gasteiger partial charge in [-0.05, 0) is 51.4 Å². The van der Waals surface area contributed by atoms with Gasteiger partial charge in [0.1, 0.15) is 6.10 Å². The molecular weight excluding hydrogens is 791 g/mol. The number of rotatable bonds is 53. The second-order valence-electron chi connectivity index (χ2n) is 20.1. The lowest BCUT2D eigenvalue weighted by Gasteiger charge is -2.24. The van der Waals surface area contributed by atoms with E-state index < -0.39 is 18.2 Å². The lowest BCUT2D eigenvalue weighted by atomic mass is 10.0. The summed E-state index contributed by atoms with van der Waals surface area (Å²) in [5.74, 6) is -0.466. The first-order valence-corrected chi connectivity index (χ1v) is 28.9. The Bertz CT molecular complexity index is 970. The fourth-order valence-electron chi connectivity index (χ4n) is 9.19. The molecule has 0 saturated carbocycles. The lowest BCUT2D eigenvalue weighted by molar-refractivity contribution is -0.151. The number of ether oxygens (including phenoxy) is 1. The zero-order valence-corrected chi connectivity index (χ0v) is 43.4. The molecule has 64 heavy (non-hydrogen) atoms. The van der Waals surface area contributed by atoms with E-state index >= 15 is 0 Å². The third-order valence-electron chi connectivity index (χ3n) is 13.6. The van der Waals surface area contributed by atoms with Gasteiger partial charge >= 0.3 is 5.97 Å². The summed E-state index contributed by atoms with van der Waals surface area (Å²) in [7, 11) is 0. The number of carbonyl (C=O) groups is 2. The first-order chi connectivity index (χ1) is 31.5. The molecule has 0 heterocycles. The highest BCUT2D eigenvalue weighted by molar-refractivity contribution is 5.77. The topological polar surface area (TPSA) is 95.9 Å². The summed E-state index contributed by atoms with van der Waals surface area (Å²) in [6.45, 7) is 6.52. The number of amides is 1. The maximum atomic E-state index is 13.3. The molecule has 0 rings (SSSR count). The molecule has 380 valence electrons. The highest BCUT2D eigenvalue weighted by Crippen LogP contribution is 2.19. The Morgan fingerprint density at radius 2 is 0.750 bits per heavy atom. The Balaban J connectivity index is 4.54. The molecule has 0 spiro atoms. The van der Waals surface area contributed by atoms with E-state index in [0.29, 0.717) is 19.3 Å². The van der Waals surface area contributed by atoms with Crippen LogP contribution in [0.2, 0.25) is 0 Å². The summed E-state index contributed by atoms with van der Waals surface area (Å²) in [5.41, 5.74) is 0. The first-order valence-electron chi connectivity index (χ1n) is 28.9. The van der Waals surface area contributed by atoms with Gasteiger partial charge in [0.05, 0.1) is 25.2 Å². The molecule has 0 radical (unpaired) electrons. The highest BCUT2D eigenvalue weighted by Gasteiger charge is 2.24. The van der Waals surface area contributed by atoms with Crippen LogP contribution in [-0.4, -0.2) is 46.9 Å². The molecule has 0 aliphatic rings. The third-order valence-corrected chi connectivity index (χ3v) is 13.6. The van der Waals surface area contributed by atoms with E-state index in [1.165, 1.54) is 218 Å². The summed E-state index contributed by atoms with van der Waals surface area (Å²) in [4.78, 5) is 26.3. The standard InChI is InChI=1S/C58H113NO5/c1-4-7-10-13-16-19-22-25-28-30-31-34-37-40-43-46-49-54(64-58(63)51-48-45-42-39-36-33-29-26-23-20-17-14-11-8-5-2)52-57(62)59-55(53-60)56(61)50-47-44-41-38-35-32-27-24-21-18-15-12-9-6-3/h31,34,54-56,60-61H,4-30,32-33,35-53H2,1-3H3,(H,59,62)/b34-31+. The van der Waals surface area contributed by atoms with Crippen LogP contribution >= 0.6 is 0 Å². The number of aliphatic hydroxyl groups is 2. The third kappa shape index (κ3) is 47.1. The number of esters is 1. The van der Waals surface area contributed by atoms with Crippen molar-refractivity contribution in [3.05, 3.63) is 12.2 Å². The average Bonchev–Trinajstić information content (AvgIpc) is 3.29. The molecule has 3 atom stereocenters. The average molecular weight is 905 g/mol. The minimum absolute atomic E-state index is 0.0747. The van der Waals surface area contributed by atoms with Gasteiger partial charge in [0.15, 0.2) is 0 Å². The van der Waals surface area contributed by atoms with Gasteiger partial charge in [-0.15, -0.1) is 0 Å². The van der Waals surface area contributed by atoms with Crippen LogP contribution in [0.5, 0.6) is 0 Å². The molecule has 0 saturated heterocycles. The zero-order chi connectivity index (χ0) is 46.7. The zero-order valence-electron chi connectivity index (χ0n) is 43.4. The molecule has 0 aromatic carbocycles. The number of carbonyl (C=O) groups excluding carboxylic acids is 2. The highest BCUT2D eigenvalue weighted by atomic mass is 16.5. The van der Waals surface area contributed by atoms with E-state index in [1.807, 2.05) is 0 Å². The summed E-state index contributed by atoms with van der Waals surface area (Å²) in [6.07, 6.45) is 59.9. The quantitative estimate of drug-likeness (QED) is 0.0321. The van der Waals surface area contributed by atoms with E-state index in [1.54, 1.807) is 0 Å². The first kappa shape index (κ1) is 62.6. The van der Waals surface area contributed by atoms with Crippen molar-refractivity contribution < 1.29 is 24.5 Å². The van der Waals surface area contributed by atoms with Gasteiger partial charge < -0.3 is 20.3 Å². The number of aliphatic hydroxyl groups excluding tert-OH is 2. The van der Waals surface area contributed by atoms with Crippen molar-refractivity contribution in [1.82, 2.24) is 5.32 Å². The molecule has 0 aromatic rings. The minimum Gasteiger partial charge on any atom is -0.462 e. The molecule has 0 aliphatic carbocycles. The molecule has 6 heteroatoms. The van der Waals surface area contributed by atoms with Crippen molar-refractivity contribution in [2.24, 2.45) is 0 Å². The molecule has 6 nitrogen and oxygen atoms in total. The number of unbranched alkanes of at least 4 members (excludes halogenated alkanes) is 39. The predicted octanol–water partition coefficient (Wildman–Crippen LogP) is 17.7. The largest absolute Gasteiger partial charge is 0.462 e. The maximum absolute atomic E-state index is 13.3. The molecule has 0 aliphatic heterocycles. The molecule has 3 N–H and O–H groups in total. The van der Waals surface area contributed by atoms with E-state index in [2.05, 4.69) is 38.2 Å². The van der Waals surface area contributed by atoms with Crippen molar-refractivity contribution in [3.63, 3.8) is 0 Å². The normalized spacial score (nSPS) is 13.1. The van der Waals surface area contributed by atoms with Crippen LogP contribution in [0.15, 0.2) is 12.2 Å². The number of nitrogens with one attached hydrogen (secondary N) is 1. The SMILES string of the molecule is CCCCCCCCCCC/C=C/CCCCCC(CC(=O)NC(CO)C(O)CCCCCCCCCCCCCCCC)OC(=O)CCCCCCCCCCCCCCCCC. The number of hydrogen-bond acceptors (Lipinski definition) is 5. The fourth-order valence-corrected chi connectivity index (χ4v) is 9.19. The van der Waals surface area contributed by atoms with Crippen LogP contribution in [0.25, 0.3) is 0 Å². The Kier molecular flexibility index (Phi) is 51.4. The fraction of sp³-hybridized carbons (Fsp3) is 0.931. The summed E-state index contributed by atoms with van der Waals surface area (Å²) in [6, 6.07) is -0.700. The van der Waals surface area contributed by atoms with Gasteiger partial charge in [-0.25, -0.2) is 0 Å². The molecule has 3 unspecified atom stereocenters. The van der Waals surface area contributed by atoms with Crippen molar-refractivity contribution in [2.75, 3.05) is 6.61 Å². The summed E-state index contributed by atoms with van der Waals surface area (Å²) >= 11 is 0. The Labute approximate surface area is 399 Å². The van der Waals surface area contributed by atoms with Crippen LogP contribution in [0.4, 0.5) is 0 Å². The second-order valence-corrected chi connectivity index (χ2v) is 20.1. The van der Waals surface area contributed by atoms with Crippen molar-refractivity contribution in [2.45, 2.75) is 341 Å². The van der Waals surface area contributed by atoms with Crippen LogP contribution < -0.4 is 5.32 Å². The Morgan fingerprint density at radius 3 is 1.12 bits per heavy atom. The van der Waals surface area contributed by atoms with E-state index in [4.69, 9.17) is 4.74 Å². The summed E-state index contributed by atoms with van der Waals surface area (Å²) in [5, 5.41) is 23.9. The smallest absolute Gasteiger partial charge is 0.306 e. The van der Waals surface area contributed by atoms with Gasteiger partial charge in [0.25, 0.3) is 0 Å². The second kappa shape index (κ2) is 52.6. The van der Waals surface area contributed by atoms with E-state index in [-0.39, 0.29) is 24.9 Å². The van der Waals surface area contributed by atoms with Gasteiger partial charge in [-0.1, -0.05) is 270 Å². The van der Waals surface area contributed by atoms with E-state index in [9.17, 15) is 19.8 Å². The van der Waals surface area contributed by atoms with Gasteiger partial charge in [-0.2, -0.15) is 0 Å². The summed E-state index contributed by atoms with van der Waals surface area (Å²) < 4.78 is 5.96.